The van der Waals surface area contributed by atoms with Crippen LogP contribution in [0.15, 0.2) is 18.2 Å². The van der Waals surface area contributed by atoms with Gasteiger partial charge in [-0.15, -0.1) is 0 Å². The van der Waals surface area contributed by atoms with Gasteiger partial charge in [0, 0.05) is 26.9 Å². The van der Waals surface area contributed by atoms with E-state index in [1.807, 2.05) is 0 Å². The smallest absolute Gasteiger partial charge is 0.181 e. The minimum absolute atomic E-state index is 0.158. The molecule has 0 saturated heterocycles. The Morgan fingerprint density at radius 1 is 1.18 bits per heavy atom. The summed E-state index contributed by atoms with van der Waals surface area (Å²) in [4.78, 5) is 0. The highest BCUT2D eigenvalue weighted by Crippen LogP contribution is 2.15. The lowest BCUT2D eigenvalue weighted by Gasteiger charge is -2.08. The zero-order valence-corrected chi connectivity index (χ0v) is 9.84. The van der Waals surface area contributed by atoms with Crippen LogP contribution in [-0.2, 0) is 9.47 Å². The van der Waals surface area contributed by atoms with Gasteiger partial charge in [0.25, 0.3) is 0 Å². The number of hydrogen-bond acceptors (Lipinski definition) is 3. The van der Waals surface area contributed by atoms with E-state index in [2.05, 4.69) is 5.32 Å². The molecule has 0 radical (unpaired) electrons. The first kappa shape index (κ1) is 13.9. The van der Waals surface area contributed by atoms with Crippen LogP contribution in [0.1, 0.15) is 6.42 Å². The Morgan fingerprint density at radius 2 is 2.00 bits per heavy atom. The van der Waals surface area contributed by atoms with Gasteiger partial charge in [0.05, 0.1) is 12.3 Å². The largest absolute Gasteiger partial charge is 0.385 e. The molecule has 0 saturated carbocycles. The molecule has 1 aromatic carbocycles. The second kappa shape index (κ2) is 7.97. The van der Waals surface area contributed by atoms with Crippen LogP contribution in [0.4, 0.5) is 14.5 Å². The van der Waals surface area contributed by atoms with Gasteiger partial charge in [-0.2, -0.15) is 0 Å². The quantitative estimate of drug-likeness (QED) is 0.713. The van der Waals surface area contributed by atoms with Gasteiger partial charge in [-0.1, -0.05) is 6.07 Å². The van der Waals surface area contributed by atoms with E-state index in [0.29, 0.717) is 26.4 Å². The fraction of sp³-hybridized carbons (Fsp3) is 0.500. The Labute approximate surface area is 99.7 Å². The third kappa shape index (κ3) is 5.10. The summed E-state index contributed by atoms with van der Waals surface area (Å²) in [5.74, 6) is -1.71. The van der Waals surface area contributed by atoms with Crippen LogP contribution in [0.25, 0.3) is 0 Å². The van der Waals surface area contributed by atoms with Crippen molar-refractivity contribution in [3.8, 4) is 0 Å². The number of rotatable bonds is 8. The van der Waals surface area contributed by atoms with Crippen LogP contribution in [0.3, 0.4) is 0 Å². The van der Waals surface area contributed by atoms with E-state index in [1.165, 1.54) is 12.1 Å². The van der Waals surface area contributed by atoms with Crippen molar-refractivity contribution in [3.63, 3.8) is 0 Å². The van der Waals surface area contributed by atoms with Gasteiger partial charge in [-0.3, -0.25) is 0 Å². The van der Waals surface area contributed by atoms with Gasteiger partial charge >= 0.3 is 0 Å². The van der Waals surface area contributed by atoms with Gasteiger partial charge in [0.2, 0.25) is 0 Å². The van der Waals surface area contributed by atoms with E-state index in [-0.39, 0.29) is 5.69 Å². The summed E-state index contributed by atoms with van der Waals surface area (Å²) >= 11 is 0. The van der Waals surface area contributed by atoms with Crippen LogP contribution >= 0.6 is 0 Å². The number of ether oxygens (including phenoxy) is 2. The molecule has 0 aliphatic rings. The molecule has 0 aromatic heterocycles. The molecule has 0 fully saturated rings. The predicted molar refractivity (Wildman–Crippen MR) is 62.2 cm³/mol. The molecule has 96 valence electrons. The molecule has 0 amide bonds. The van der Waals surface area contributed by atoms with Gasteiger partial charge in [-0.25, -0.2) is 8.78 Å². The van der Waals surface area contributed by atoms with Crippen LogP contribution in [0, 0.1) is 11.6 Å². The van der Waals surface area contributed by atoms with Crippen molar-refractivity contribution in [2.24, 2.45) is 0 Å². The average Bonchev–Trinajstić information content (AvgIpc) is 2.33. The molecular weight excluding hydrogens is 228 g/mol. The molecule has 0 aliphatic carbocycles. The highest BCUT2D eigenvalue weighted by atomic mass is 19.2. The third-order valence-corrected chi connectivity index (χ3v) is 2.15. The predicted octanol–water partition coefficient (Wildman–Crippen LogP) is 2.43. The summed E-state index contributed by atoms with van der Waals surface area (Å²) in [5, 5.41) is 2.77. The minimum Gasteiger partial charge on any atom is -0.385 e. The van der Waals surface area contributed by atoms with Crippen LogP contribution < -0.4 is 5.32 Å². The van der Waals surface area contributed by atoms with Crippen molar-refractivity contribution in [2.45, 2.75) is 6.42 Å². The van der Waals surface area contributed by atoms with Crippen LogP contribution in [0.5, 0.6) is 0 Å². The molecule has 0 heterocycles. The van der Waals surface area contributed by atoms with Crippen molar-refractivity contribution in [1.82, 2.24) is 0 Å². The molecule has 1 aromatic rings. The summed E-state index contributed by atoms with van der Waals surface area (Å²) in [7, 11) is 1.63. The van der Waals surface area contributed by atoms with E-state index < -0.39 is 11.6 Å². The Morgan fingerprint density at radius 3 is 2.76 bits per heavy atom. The third-order valence-electron chi connectivity index (χ3n) is 2.15. The Bertz CT molecular complexity index is 334. The number of methoxy groups -OCH3 is 1. The van der Waals surface area contributed by atoms with Gasteiger partial charge < -0.3 is 14.8 Å². The SMILES string of the molecule is COCCCOCCNc1cccc(F)c1F. The monoisotopic (exact) mass is 245 g/mol. The zero-order chi connectivity index (χ0) is 12.5. The number of halogens is 2. The van der Waals surface area contributed by atoms with E-state index in [4.69, 9.17) is 9.47 Å². The molecule has 3 nitrogen and oxygen atoms in total. The van der Waals surface area contributed by atoms with Gasteiger partial charge in [0.15, 0.2) is 11.6 Å². The van der Waals surface area contributed by atoms with Crippen LogP contribution in [-0.4, -0.2) is 33.5 Å². The average molecular weight is 245 g/mol. The second-order valence-corrected chi connectivity index (χ2v) is 3.49. The molecule has 0 aliphatic heterocycles. The molecule has 0 bridgehead atoms. The molecule has 1 N–H and O–H groups in total. The van der Waals surface area contributed by atoms with Crippen molar-refractivity contribution in [3.05, 3.63) is 29.8 Å². The van der Waals surface area contributed by atoms with Gasteiger partial charge in [-0.05, 0) is 18.6 Å². The number of anilines is 1. The lowest BCUT2D eigenvalue weighted by atomic mass is 10.3. The maximum atomic E-state index is 13.2. The molecular formula is C12H17F2NO2. The van der Waals surface area contributed by atoms with E-state index >= 15 is 0 Å². The zero-order valence-electron chi connectivity index (χ0n) is 9.84. The Kier molecular flexibility index (Phi) is 6.50. The summed E-state index contributed by atoms with van der Waals surface area (Å²) in [6, 6.07) is 4.03. The number of benzene rings is 1. The molecule has 1 rings (SSSR count). The summed E-state index contributed by atoms with van der Waals surface area (Å²) < 4.78 is 36.1. The number of nitrogens with one attached hydrogen (secondary N) is 1. The maximum Gasteiger partial charge on any atom is 0.181 e. The van der Waals surface area contributed by atoms with Crippen molar-refractivity contribution in [1.29, 1.82) is 0 Å². The number of hydrogen-bond donors (Lipinski definition) is 1. The minimum atomic E-state index is -0.855. The molecule has 5 heteroatoms. The molecule has 0 spiro atoms. The highest BCUT2D eigenvalue weighted by molar-refractivity contribution is 5.44. The van der Waals surface area contributed by atoms with Crippen molar-refractivity contribution >= 4 is 5.69 Å². The Hall–Kier alpha value is -1.20. The van der Waals surface area contributed by atoms with Crippen LogP contribution in [0.2, 0.25) is 0 Å². The van der Waals surface area contributed by atoms with Crippen molar-refractivity contribution < 1.29 is 18.3 Å². The topological polar surface area (TPSA) is 30.5 Å². The lowest BCUT2D eigenvalue weighted by molar-refractivity contribution is 0.109. The maximum absolute atomic E-state index is 13.2. The Balaban J connectivity index is 2.16. The second-order valence-electron chi connectivity index (χ2n) is 3.49. The summed E-state index contributed by atoms with van der Waals surface area (Å²) in [6.45, 7) is 2.14. The standard InChI is InChI=1S/C12H17F2NO2/c1-16-7-3-8-17-9-6-15-11-5-2-4-10(13)12(11)14/h2,4-5,15H,3,6-9H2,1H3. The van der Waals surface area contributed by atoms with E-state index in [1.54, 1.807) is 7.11 Å². The lowest BCUT2D eigenvalue weighted by Crippen LogP contribution is -2.12. The van der Waals surface area contributed by atoms with Crippen molar-refractivity contribution in [2.75, 3.05) is 38.8 Å². The van der Waals surface area contributed by atoms with E-state index in [9.17, 15) is 8.78 Å². The first-order chi connectivity index (χ1) is 8.25. The fourth-order valence-corrected chi connectivity index (χ4v) is 1.31. The first-order valence-electron chi connectivity index (χ1n) is 5.50. The first-order valence-corrected chi connectivity index (χ1v) is 5.50. The normalized spacial score (nSPS) is 10.5. The molecule has 0 atom stereocenters. The van der Waals surface area contributed by atoms with E-state index in [0.717, 1.165) is 12.5 Å². The molecule has 0 unspecified atom stereocenters. The summed E-state index contributed by atoms with van der Waals surface area (Å²) in [5.41, 5.74) is 0.158. The fourth-order valence-electron chi connectivity index (χ4n) is 1.31. The summed E-state index contributed by atoms with van der Waals surface area (Å²) in [6.07, 6.45) is 0.824. The van der Waals surface area contributed by atoms with Gasteiger partial charge in [0.1, 0.15) is 0 Å². The highest BCUT2D eigenvalue weighted by Gasteiger charge is 2.05. The molecule has 17 heavy (non-hydrogen) atoms.